The number of hydrogen-bond donors (Lipinski definition) is 0. The molecule has 11 nitrogen and oxygen atoms in total. The van der Waals surface area contributed by atoms with E-state index in [1.165, 1.54) is 32.7 Å². The summed E-state index contributed by atoms with van der Waals surface area (Å²) in [4.78, 5) is 0. The maximum atomic E-state index is 7.28. The highest BCUT2D eigenvalue weighted by atomic mass is 31.2. The first-order valence-electron chi connectivity index (χ1n) is 47.4. The normalized spacial score (nSPS) is 11.7. The summed E-state index contributed by atoms with van der Waals surface area (Å²) in [7, 11) is -7.31. The van der Waals surface area contributed by atoms with Crippen LogP contribution < -0.4 is 40.7 Å². The second kappa shape index (κ2) is 43.3. The molecule has 1 heterocycles. The van der Waals surface area contributed by atoms with E-state index < -0.39 is 33.8 Å². The Morgan fingerprint density at radius 1 is 0.200 bits per heavy atom. The summed E-state index contributed by atoms with van der Waals surface area (Å²) in [5.41, 5.74) is 21.4. The van der Waals surface area contributed by atoms with Gasteiger partial charge in [0.1, 0.15) is 62.9 Å². The summed E-state index contributed by atoms with van der Waals surface area (Å²) in [6.45, 7) is 51.6. The molecule has 135 heavy (non-hydrogen) atoms. The van der Waals surface area contributed by atoms with E-state index in [1.54, 1.807) is 0 Å². The van der Waals surface area contributed by atoms with E-state index >= 15 is 0 Å². The van der Waals surface area contributed by atoms with Crippen molar-refractivity contribution in [2.75, 3.05) is 0 Å². The van der Waals surface area contributed by atoms with Gasteiger partial charge in [0.25, 0.3) is 8.01 Å². The third-order valence-electron chi connectivity index (χ3n) is 24.5. The lowest BCUT2D eigenvalue weighted by Gasteiger charge is -2.26. The van der Waals surface area contributed by atoms with E-state index in [4.69, 9.17) is 49.1 Å². The van der Waals surface area contributed by atoms with Gasteiger partial charge in [-0.25, -0.2) is 0 Å². The van der Waals surface area contributed by atoms with E-state index in [2.05, 4.69) is 445 Å². The second-order valence-corrected chi connectivity index (χ2v) is 42.5. The average Bonchev–Trinajstić information content (AvgIpc) is 1.70. The summed E-state index contributed by atoms with van der Waals surface area (Å²) in [6, 6.07) is 102. The first-order valence-corrected chi connectivity index (χ1v) is 51.8. The Hall–Kier alpha value is -12.1. The topological polar surface area (TPSA) is 109 Å². The van der Waals surface area contributed by atoms with Crippen LogP contribution in [-0.2, 0) is 0 Å². The van der Waals surface area contributed by atoms with Crippen LogP contribution in [0.3, 0.4) is 0 Å². The second-order valence-electron chi connectivity index (χ2n) is 38.2. The summed E-state index contributed by atoms with van der Waals surface area (Å²) in [5, 5.41) is 12.2. The molecule has 0 radical (unpaired) electrons. The average molecular weight is 1870 g/mol. The van der Waals surface area contributed by atoms with E-state index in [1.807, 2.05) is 12.1 Å². The largest absolute Gasteiger partial charge is 0.530 e. The van der Waals surface area contributed by atoms with Crippen LogP contribution in [0.2, 0.25) is 0 Å². The lowest BCUT2D eigenvalue weighted by molar-refractivity contribution is 0.380. The summed E-state index contributed by atoms with van der Waals surface area (Å²) in [5.74, 6) is 8.70. The third kappa shape index (κ3) is 23.0. The van der Waals surface area contributed by atoms with Gasteiger partial charge in [-0.15, -0.1) is 0 Å². The molecule has 16 aromatic carbocycles. The summed E-state index contributed by atoms with van der Waals surface area (Å²) < 4.78 is 75.9. The molecule has 0 unspecified atom stereocenters. The van der Waals surface area contributed by atoms with Crippen molar-refractivity contribution < 1.29 is 49.1 Å². The molecule has 17 aromatic rings. The van der Waals surface area contributed by atoms with Gasteiger partial charge in [0, 0.05) is 21.9 Å². The van der Waals surface area contributed by atoms with Crippen LogP contribution in [0.5, 0.6) is 51.7 Å². The molecule has 0 spiro atoms. The Bertz CT molecular complexity index is 6600. The predicted octanol–water partition coefficient (Wildman–Crippen LogP) is 38.7. The molecule has 0 N–H and O–H groups in total. The molecule has 0 fully saturated rings. The zero-order valence-corrected chi connectivity index (χ0v) is 86.2. The molecule has 694 valence electrons. The van der Waals surface area contributed by atoms with Gasteiger partial charge >= 0.3 is 25.8 Å². The number of benzene rings is 16. The van der Waals surface area contributed by atoms with Crippen molar-refractivity contribution in [2.24, 2.45) is 0 Å². The highest BCUT2D eigenvalue weighted by molar-refractivity contribution is 7.45. The Balaban J connectivity index is 0.000000172. The van der Waals surface area contributed by atoms with Crippen molar-refractivity contribution in [1.29, 1.82) is 0 Å². The van der Waals surface area contributed by atoms with Gasteiger partial charge in [0.2, 0.25) is 0 Å². The monoisotopic (exact) mass is 1870 g/mol. The van der Waals surface area contributed by atoms with Crippen LogP contribution in [0.25, 0.3) is 81.5 Å². The highest BCUT2D eigenvalue weighted by Gasteiger charge is 2.33. The Morgan fingerprint density at radius 2 is 0.400 bits per heavy atom. The maximum absolute atomic E-state index is 7.28. The lowest BCUT2D eigenvalue weighted by atomic mass is 9.92. The van der Waals surface area contributed by atoms with Crippen molar-refractivity contribution >= 4 is 98.8 Å². The van der Waals surface area contributed by atoms with Crippen LogP contribution in [0, 0.1) is 55.4 Å². The van der Waals surface area contributed by atoms with Gasteiger partial charge in [-0.3, -0.25) is 0 Å². The minimum absolute atomic E-state index is 0.200. The molecule has 0 saturated heterocycles. The van der Waals surface area contributed by atoms with Crippen molar-refractivity contribution in [1.82, 2.24) is 0 Å². The van der Waals surface area contributed by atoms with E-state index in [9.17, 15) is 0 Å². The minimum atomic E-state index is -2.11. The molecule has 15 heteroatoms. The molecular formula is C120H128O11P4. The van der Waals surface area contributed by atoms with E-state index in [0.29, 0.717) is 35.2 Å². The van der Waals surface area contributed by atoms with Crippen LogP contribution in [0.4, 0.5) is 0 Å². The molecule has 0 atom stereocenters. The van der Waals surface area contributed by atoms with Gasteiger partial charge in [-0.1, -0.05) is 329 Å². The van der Waals surface area contributed by atoms with Crippen LogP contribution in [-0.4, -0.2) is 0 Å². The SMILES string of the molecule is Cc1ccc(C(C)C)c(-p2oc3ccc4ccccc4c3c3c(ccc4ccccc43)o2)c1.Cc1ccc(C(C)C)c(OP(Oc2cc(C)ccc2C(C)C)Oc2cc(C)ccc2C(C)C)c1.Cc1ccc(C(C)C)c(OP(Oc2cc(C)ccc2C(C)C)Oc2ccc3ccccc3c2-c2c(OP(Oc3cc(C)ccc3C(C)C)Oc3cc(C)ccc3C(C)C)ccc3ccccc23)c1. The number of fused-ring (bicyclic) bond motifs is 9. The van der Waals surface area contributed by atoms with Crippen LogP contribution >= 0.6 is 33.8 Å². The fourth-order valence-corrected chi connectivity index (χ4v) is 22.2. The van der Waals surface area contributed by atoms with Crippen molar-refractivity contribution in [3.63, 3.8) is 0 Å². The summed E-state index contributed by atoms with van der Waals surface area (Å²) >= 11 is 0. The van der Waals surface area contributed by atoms with Crippen molar-refractivity contribution in [2.45, 2.75) is 214 Å². The molecule has 0 amide bonds. The Morgan fingerprint density at radius 3 is 0.644 bits per heavy atom. The van der Waals surface area contributed by atoms with Crippen LogP contribution in [0.1, 0.15) is 247 Å². The fourth-order valence-electron chi connectivity index (χ4n) is 17.2. The zero-order chi connectivity index (χ0) is 95.7. The Kier molecular flexibility index (Phi) is 31.3. The molecule has 17 rings (SSSR count). The number of aryl methyl sites for hydroxylation is 8. The molecule has 0 aliphatic rings. The zero-order valence-electron chi connectivity index (χ0n) is 82.6. The smallest absolute Gasteiger partial charge is 0.416 e. The molecular weight excluding hydrogens is 1740 g/mol. The van der Waals surface area contributed by atoms with Gasteiger partial charge < -0.3 is 49.1 Å². The van der Waals surface area contributed by atoms with Crippen molar-refractivity contribution in [3.8, 4) is 68.2 Å². The first-order chi connectivity index (χ1) is 64.8. The molecule has 0 bridgehead atoms. The summed E-state index contributed by atoms with van der Waals surface area (Å²) in [6.07, 6.45) is 0. The van der Waals surface area contributed by atoms with E-state index in [-0.39, 0.29) is 23.7 Å². The lowest BCUT2D eigenvalue weighted by Crippen LogP contribution is -2.08. The van der Waals surface area contributed by atoms with Crippen molar-refractivity contribution in [3.05, 3.63) is 380 Å². The molecule has 1 aromatic heterocycles. The molecule has 0 saturated carbocycles. The van der Waals surface area contributed by atoms with Gasteiger partial charge in [0.05, 0.1) is 5.30 Å². The van der Waals surface area contributed by atoms with Gasteiger partial charge in [-0.2, -0.15) is 0 Å². The minimum Gasteiger partial charge on any atom is -0.416 e. The predicted molar refractivity (Wildman–Crippen MR) is 572 cm³/mol. The van der Waals surface area contributed by atoms with Gasteiger partial charge in [-0.05, 0) is 308 Å². The quantitative estimate of drug-likeness (QED) is 0.0437. The fraction of sp³-hybridized carbons (Fsp3) is 0.267. The van der Waals surface area contributed by atoms with E-state index in [0.717, 1.165) is 178 Å². The molecule has 0 aliphatic heterocycles. The maximum Gasteiger partial charge on any atom is 0.530 e. The third-order valence-corrected chi connectivity index (χ3v) is 29.1. The molecule has 0 aliphatic carbocycles. The Labute approximate surface area is 804 Å². The standard InChI is InChI=1S/C60H64O6P2.C30H39O3P.C30H25O2P/c1-37(2)47-27-21-41(9)33-55(47)63-67(64-56-34-42(10)22-28-48(56)38(3)4)61-53-31-25-45-17-13-15-19-51(45)59(53)60-52-20-16-14-18-46(52)26-32-54(60)62-68(65-57-35-43(11)23-29-49(57)39(5)6)66-58-36-44(12)24-30-50(58)40(7)8;1-19(2)25-13-10-22(7)16-28(25)31-34(32-29-17-23(8)11-14-26(29)20(3)4)33-30-18-24(9)12-15-27(30)21(5)6;1-19(2)23-15-12-20(3)18-28(23)33-31-26-16-13-21-8-4-6-10-24(21)29(26)30-25-11-7-5-9-22(25)14-17-27(30)32-33/h13-40H,1-12H3;10-21H,1-9H3;4-19H,1-3H3. The van der Waals surface area contributed by atoms with Gasteiger partial charge in [0.15, 0.2) is 0 Å². The number of rotatable bonds is 28. The number of hydrogen-bond acceptors (Lipinski definition) is 11. The first kappa shape index (κ1) is 97.5. The van der Waals surface area contributed by atoms with Crippen LogP contribution in [0.15, 0.2) is 300 Å². The highest BCUT2D eigenvalue weighted by Crippen LogP contribution is 2.57.